The fourth-order valence-electron chi connectivity index (χ4n) is 1.81. The smallest absolute Gasteiger partial charge is 0.325 e. The van der Waals surface area contributed by atoms with E-state index in [4.69, 9.17) is 4.74 Å². The van der Waals surface area contributed by atoms with Crippen molar-refractivity contribution in [3.63, 3.8) is 0 Å². The Hall–Kier alpha value is -2.03. The van der Waals surface area contributed by atoms with Gasteiger partial charge in [-0.25, -0.2) is 0 Å². The highest BCUT2D eigenvalue weighted by atomic mass is 17.1. The number of hydrogen-bond donors (Lipinski definition) is 0. The molecule has 0 heterocycles. The Morgan fingerprint density at radius 1 is 1.18 bits per heavy atom. The van der Waals surface area contributed by atoms with Crippen LogP contribution in [0.25, 0.3) is 10.8 Å². The Bertz CT molecular complexity index is 546. The van der Waals surface area contributed by atoms with Crippen LogP contribution in [-0.2, 0) is 4.58 Å². The lowest BCUT2D eigenvalue weighted by Gasteiger charge is -2.06. The molecule has 0 spiro atoms. The summed E-state index contributed by atoms with van der Waals surface area (Å²) in [6.07, 6.45) is 1.28. The zero-order valence-electron chi connectivity index (χ0n) is 9.84. The van der Waals surface area contributed by atoms with Crippen molar-refractivity contribution in [1.82, 2.24) is 0 Å². The molecular weight excluding hydrogens is 216 g/mol. The molecule has 0 N–H and O–H groups in total. The van der Waals surface area contributed by atoms with Crippen LogP contribution >= 0.6 is 0 Å². The minimum absolute atomic E-state index is 0.0148. The van der Waals surface area contributed by atoms with Gasteiger partial charge in [-0.1, -0.05) is 24.3 Å². The van der Waals surface area contributed by atoms with Gasteiger partial charge < -0.3 is 9.99 Å². The quantitative estimate of drug-likeness (QED) is 0.350. The lowest BCUT2D eigenvalue weighted by Crippen LogP contribution is -2.03. The average molecular weight is 230 g/mol. The van der Waals surface area contributed by atoms with Gasteiger partial charge in [0.15, 0.2) is 0 Å². The van der Waals surface area contributed by atoms with Crippen LogP contribution in [0.15, 0.2) is 36.4 Å². The fraction of sp³-hybridized carbons (Fsp3) is 0.214. The van der Waals surface area contributed by atoms with Crippen molar-refractivity contribution in [3.8, 4) is 5.75 Å². The summed E-state index contributed by atoms with van der Waals surface area (Å²) >= 11 is 0. The first kappa shape index (κ1) is 11.5. The lowest BCUT2D eigenvalue weighted by atomic mass is 9.99. The largest absolute Gasteiger partial charge is 0.497 e. The molecule has 0 aliphatic rings. The highest BCUT2D eigenvalue weighted by molar-refractivity contribution is 5.85. The van der Waals surface area contributed by atoms with Crippen LogP contribution in [0.2, 0.25) is 0 Å². The minimum atomic E-state index is -0.0148. The molecule has 0 aliphatic heterocycles. The van der Waals surface area contributed by atoms with Gasteiger partial charge in [-0.05, 0) is 35.4 Å². The number of methoxy groups -OCH3 is 1. The van der Waals surface area contributed by atoms with Crippen molar-refractivity contribution in [1.29, 1.82) is 0 Å². The summed E-state index contributed by atoms with van der Waals surface area (Å²) in [6.45, 7) is 1.92. The van der Waals surface area contributed by atoms with Gasteiger partial charge in [-0.15, -0.1) is 0 Å². The summed E-state index contributed by atoms with van der Waals surface area (Å²) in [4.78, 5) is 0. The molecule has 2 rings (SSSR count). The number of hydrogen-bond acceptors (Lipinski definition) is 2. The van der Waals surface area contributed by atoms with E-state index in [2.05, 4.69) is 10.6 Å². The lowest BCUT2D eigenvalue weighted by molar-refractivity contribution is -1.04. The van der Waals surface area contributed by atoms with Crippen molar-refractivity contribution >= 4 is 17.1 Å². The molecule has 3 heteroatoms. The molecule has 88 valence electrons. The van der Waals surface area contributed by atoms with Crippen molar-refractivity contribution in [2.45, 2.75) is 12.8 Å². The number of carbonyl (C=O) groups excluding carboxylic acids is 1. The summed E-state index contributed by atoms with van der Waals surface area (Å²) in [5.74, 6) is 0.826. The standard InChI is InChI=1S/C14H14O3/c1-10(9-17-15)11-3-4-13-8-14(16-2)6-5-12(13)7-11/h3-10H,1-2H3. The Kier molecular flexibility index (Phi) is 3.28. The molecule has 0 fully saturated rings. The molecule has 1 unspecified atom stereocenters. The normalized spacial score (nSPS) is 13.1. The number of aldehydes is 1. The van der Waals surface area contributed by atoms with Crippen molar-refractivity contribution in [3.05, 3.63) is 42.0 Å². The fourth-order valence-corrected chi connectivity index (χ4v) is 1.81. The zero-order chi connectivity index (χ0) is 12.3. The highest BCUT2D eigenvalue weighted by Gasteiger charge is 2.08. The number of ether oxygens (including phenoxy) is 1. The minimum Gasteiger partial charge on any atom is -0.497 e. The Morgan fingerprint density at radius 3 is 2.59 bits per heavy atom. The van der Waals surface area contributed by atoms with E-state index in [0.29, 0.717) is 0 Å². The van der Waals surface area contributed by atoms with Crippen molar-refractivity contribution < 1.29 is 14.6 Å². The predicted molar refractivity (Wildman–Crippen MR) is 65.0 cm³/mol. The summed E-state index contributed by atoms with van der Waals surface area (Å²) in [7, 11) is 1.65. The van der Waals surface area contributed by atoms with Crippen molar-refractivity contribution in [2.24, 2.45) is 0 Å². The summed E-state index contributed by atoms with van der Waals surface area (Å²) in [5.41, 5.74) is 1.05. The molecule has 0 bridgehead atoms. The van der Waals surface area contributed by atoms with Crippen LogP contribution in [0.3, 0.4) is 0 Å². The molecule has 0 amide bonds. The Balaban J connectivity index is 2.44. The molecule has 0 aromatic heterocycles. The van der Waals surface area contributed by atoms with Crippen LogP contribution in [0, 0.1) is 0 Å². The van der Waals surface area contributed by atoms with Gasteiger partial charge in [-0.3, -0.25) is 0 Å². The molecule has 0 saturated carbocycles. The third-order valence-electron chi connectivity index (χ3n) is 2.86. The molecule has 3 nitrogen and oxygen atoms in total. The number of benzene rings is 2. The van der Waals surface area contributed by atoms with E-state index in [1.165, 1.54) is 6.29 Å². The van der Waals surface area contributed by atoms with Crippen LogP contribution in [0.4, 0.5) is 0 Å². The number of rotatable bonds is 3. The van der Waals surface area contributed by atoms with Gasteiger partial charge in [0.25, 0.3) is 0 Å². The Morgan fingerprint density at radius 2 is 1.88 bits per heavy atom. The van der Waals surface area contributed by atoms with Gasteiger partial charge in [-0.2, -0.15) is 4.58 Å². The monoisotopic (exact) mass is 230 g/mol. The van der Waals surface area contributed by atoms with Gasteiger partial charge in [0.2, 0.25) is 0 Å². The van der Waals surface area contributed by atoms with Crippen molar-refractivity contribution in [2.75, 3.05) is 7.11 Å². The van der Waals surface area contributed by atoms with Crippen LogP contribution in [0.5, 0.6) is 5.75 Å². The van der Waals surface area contributed by atoms with Crippen LogP contribution in [0.1, 0.15) is 18.4 Å². The Labute approximate surface area is 99.9 Å². The maximum atomic E-state index is 10.1. The first-order valence-electron chi connectivity index (χ1n) is 5.44. The number of fused-ring (bicyclic) bond motifs is 1. The van der Waals surface area contributed by atoms with E-state index >= 15 is 0 Å². The molecule has 0 radical (unpaired) electrons. The molecule has 2 aromatic rings. The highest BCUT2D eigenvalue weighted by Crippen LogP contribution is 2.24. The van der Waals surface area contributed by atoms with Gasteiger partial charge in [0, 0.05) is 0 Å². The third-order valence-corrected chi connectivity index (χ3v) is 2.86. The SMILES string of the molecule is COc1ccc2cc(C(C)C=[O+][O-])ccc2c1. The van der Waals surface area contributed by atoms with E-state index < -0.39 is 0 Å². The van der Waals surface area contributed by atoms with Gasteiger partial charge in [0.05, 0.1) is 13.0 Å². The first-order valence-corrected chi connectivity index (χ1v) is 5.44. The zero-order valence-corrected chi connectivity index (χ0v) is 9.84. The summed E-state index contributed by atoms with van der Waals surface area (Å²) < 4.78 is 8.98. The second-order valence-corrected chi connectivity index (χ2v) is 3.99. The van der Waals surface area contributed by atoms with E-state index in [1.807, 2.05) is 37.3 Å². The molecule has 0 aliphatic carbocycles. The van der Waals surface area contributed by atoms with E-state index in [1.54, 1.807) is 7.11 Å². The summed E-state index contributed by atoms with van der Waals surface area (Å²) in [6, 6.07) is 12.0. The first-order chi connectivity index (χ1) is 8.24. The summed E-state index contributed by atoms with van der Waals surface area (Å²) in [5, 5.41) is 12.3. The topological polar surface area (TPSA) is 43.6 Å². The maximum absolute atomic E-state index is 10.1. The van der Waals surface area contributed by atoms with E-state index in [-0.39, 0.29) is 5.92 Å². The molecule has 0 saturated heterocycles. The van der Waals surface area contributed by atoms with E-state index in [9.17, 15) is 5.26 Å². The second-order valence-electron chi connectivity index (χ2n) is 3.99. The van der Waals surface area contributed by atoms with Gasteiger partial charge in [0.1, 0.15) is 5.75 Å². The third kappa shape index (κ3) is 2.38. The van der Waals surface area contributed by atoms with Gasteiger partial charge >= 0.3 is 6.29 Å². The van der Waals surface area contributed by atoms with Crippen LogP contribution in [-0.4, -0.2) is 13.4 Å². The molecule has 17 heavy (non-hydrogen) atoms. The maximum Gasteiger partial charge on any atom is 0.325 e. The molecule has 1 atom stereocenters. The van der Waals surface area contributed by atoms with E-state index in [0.717, 1.165) is 22.1 Å². The van der Waals surface area contributed by atoms with Crippen LogP contribution < -0.4 is 9.99 Å². The predicted octanol–water partition coefficient (Wildman–Crippen LogP) is 1.96. The molecule has 2 aromatic carbocycles. The molecular formula is C14H14O3. The average Bonchev–Trinajstić information content (AvgIpc) is 2.37. The second kappa shape index (κ2) is 4.87.